The zero-order valence-electron chi connectivity index (χ0n) is 14.0. The van der Waals surface area contributed by atoms with E-state index in [-0.39, 0.29) is 11.4 Å². The molecule has 2 bridgehead atoms. The monoisotopic (exact) mass is 306 g/mol. The maximum atomic E-state index is 12.2. The van der Waals surface area contributed by atoms with Crippen LogP contribution in [0.5, 0.6) is 0 Å². The van der Waals surface area contributed by atoms with Crippen molar-refractivity contribution >= 4 is 5.97 Å². The van der Waals surface area contributed by atoms with E-state index in [0.717, 1.165) is 11.8 Å². The molecule has 2 aliphatic rings. The molecule has 1 aromatic rings. The quantitative estimate of drug-likeness (QED) is 0.792. The van der Waals surface area contributed by atoms with E-state index in [2.05, 4.69) is 10.1 Å². The van der Waals surface area contributed by atoms with Gasteiger partial charge in [-0.25, -0.2) is 0 Å². The second-order valence-corrected chi connectivity index (χ2v) is 7.98. The Morgan fingerprint density at radius 1 is 1.36 bits per heavy atom. The number of hydrogen-bond donors (Lipinski definition) is 0. The molecule has 2 saturated carbocycles. The third-order valence-corrected chi connectivity index (χ3v) is 5.08. The number of hydrogen-bond acceptors (Lipinski definition) is 5. The zero-order chi connectivity index (χ0) is 15.9. The number of rotatable bonds is 4. The number of esters is 1. The van der Waals surface area contributed by atoms with E-state index < -0.39 is 6.10 Å². The Morgan fingerprint density at radius 3 is 2.68 bits per heavy atom. The summed E-state index contributed by atoms with van der Waals surface area (Å²) in [5, 5.41) is 3.97. The molecule has 4 atom stereocenters. The fraction of sp³-hybridized carbons (Fsp3) is 0.824. The number of nitrogens with zero attached hydrogens (tertiary/aromatic N) is 2. The third-order valence-electron chi connectivity index (χ3n) is 5.08. The smallest absolute Gasteiger partial charge is 0.306 e. The highest BCUT2D eigenvalue weighted by molar-refractivity contribution is 5.70. The highest BCUT2D eigenvalue weighted by Crippen LogP contribution is 2.49. The van der Waals surface area contributed by atoms with Gasteiger partial charge in [0, 0.05) is 11.8 Å². The highest BCUT2D eigenvalue weighted by atomic mass is 16.6. The first-order valence-electron chi connectivity index (χ1n) is 8.36. The molecule has 0 aliphatic heterocycles. The normalized spacial score (nSPS) is 28.8. The molecule has 122 valence electrons. The predicted molar refractivity (Wildman–Crippen MR) is 81.1 cm³/mol. The van der Waals surface area contributed by atoms with Crippen LogP contribution in [0, 0.1) is 17.8 Å². The Balaban J connectivity index is 1.54. The van der Waals surface area contributed by atoms with Gasteiger partial charge in [-0.15, -0.1) is 0 Å². The van der Waals surface area contributed by atoms with Gasteiger partial charge in [0.15, 0.2) is 11.9 Å². The van der Waals surface area contributed by atoms with Gasteiger partial charge in [-0.3, -0.25) is 4.79 Å². The largest absolute Gasteiger partial charge is 0.453 e. The molecule has 5 nitrogen and oxygen atoms in total. The number of carbonyl (C=O) groups is 1. The van der Waals surface area contributed by atoms with E-state index in [0.29, 0.717) is 24.1 Å². The van der Waals surface area contributed by atoms with Crippen LogP contribution in [0.4, 0.5) is 0 Å². The van der Waals surface area contributed by atoms with Crippen LogP contribution in [0.3, 0.4) is 0 Å². The van der Waals surface area contributed by atoms with Crippen LogP contribution in [0.1, 0.15) is 77.6 Å². The summed E-state index contributed by atoms with van der Waals surface area (Å²) in [6, 6.07) is 0. The minimum atomic E-state index is -0.477. The van der Waals surface area contributed by atoms with Gasteiger partial charge >= 0.3 is 5.97 Å². The summed E-state index contributed by atoms with van der Waals surface area (Å²) in [6.45, 7) is 7.85. The maximum absolute atomic E-state index is 12.2. The molecule has 3 rings (SSSR count). The third kappa shape index (κ3) is 3.18. The standard InChI is InChI=1S/C17H26N2O3/c1-10(15-18-16(19-22-15)17(2,3)4)21-14(20)9-13-8-11-5-6-12(13)7-11/h10-13H,5-9H2,1-4H3. The van der Waals surface area contributed by atoms with Crippen LogP contribution in [-0.2, 0) is 14.9 Å². The molecule has 4 unspecified atom stereocenters. The lowest BCUT2D eigenvalue weighted by Gasteiger charge is -2.21. The van der Waals surface area contributed by atoms with Gasteiger partial charge in [0.2, 0.25) is 0 Å². The van der Waals surface area contributed by atoms with Crippen LogP contribution in [0.15, 0.2) is 4.52 Å². The average Bonchev–Trinajstić information content (AvgIpc) is 3.13. The molecule has 2 aliphatic carbocycles. The molecule has 22 heavy (non-hydrogen) atoms. The first-order valence-corrected chi connectivity index (χ1v) is 8.36. The van der Waals surface area contributed by atoms with Gasteiger partial charge in [-0.2, -0.15) is 4.98 Å². The van der Waals surface area contributed by atoms with Crippen LogP contribution < -0.4 is 0 Å². The summed E-state index contributed by atoms with van der Waals surface area (Å²) in [4.78, 5) is 16.5. The summed E-state index contributed by atoms with van der Waals surface area (Å²) in [5.74, 6) is 2.99. The Morgan fingerprint density at radius 2 is 2.14 bits per heavy atom. The van der Waals surface area contributed by atoms with Crippen molar-refractivity contribution in [2.24, 2.45) is 17.8 Å². The second kappa shape index (κ2) is 5.67. The van der Waals surface area contributed by atoms with Crippen molar-refractivity contribution < 1.29 is 14.1 Å². The molecule has 0 saturated heterocycles. The van der Waals surface area contributed by atoms with E-state index in [1.165, 1.54) is 25.7 Å². The van der Waals surface area contributed by atoms with Crippen molar-refractivity contribution in [3.05, 3.63) is 11.7 Å². The average molecular weight is 306 g/mol. The Kier molecular flexibility index (Phi) is 4.00. The molecule has 5 heteroatoms. The van der Waals surface area contributed by atoms with Crippen LogP contribution >= 0.6 is 0 Å². The Hall–Kier alpha value is -1.39. The Bertz CT molecular complexity index is 546. The van der Waals surface area contributed by atoms with Crippen LogP contribution in [0.25, 0.3) is 0 Å². The predicted octanol–water partition coefficient (Wildman–Crippen LogP) is 3.80. The van der Waals surface area contributed by atoms with Crippen molar-refractivity contribution in [2.45, 2.75) is 71.3 Å². The maximum Gasteiger partial charge on any atom is 0.306 e. The van der Waals surface area contributed by atoms with E-state index in [9.17, 15) is 4.79 Å². The van der Waals surface area contributed by atoms with Crippen LogP contribution in [0.2, 0.25) is 0 Å². The first kappa shape index (κ1) is 15.5. The van der Waals surface area contributed by atoms with Crippen molar-refractivity contribution in [2.75, 3.05) is 0 Å². The summed E-state index contributed by atoms with van der Waals surface area (Å²) in [6.07, 6.45) is 5.21. The minimum absolute atomic E-state index is 0.138. The fourth-order valence-corrected chi connectivity index (χ4v) is 3.84. The van der Waals surface area contributed by atoms with Gasteiger partial charge in [0.1, 0.15) is 0 Å². The second-order valence-electron chi connectivity index (χ2n) is 7.98. The molecule has 0 spiro atoms. The fourth-order valence-electron chi connectivity index (χ4n) is 3.84. The van der Waals surface area contributed by atoms with Crippen LogP contribution in [-0.4, -0.2) is 16.1 Å². The molecule has 0 N–H and O–H groups in total. The van der Waals surface area contributed by atoms with Crippen molar-refractivity contribution in [1.82, 2.24) is 10.1 Å². The molecule has 2 fully saturated rings. The first-order chi connectivity index (χ1) is 10.3. The van der Waals surface area contributed by atoms with Gasteiger partial charge in [-0.1, -0.05) is 32.3 Å². The lowest BCUT2D eigenvalue weighted by Crippen LogP contribution is -2.18. The van der Waals surface area contributed by atoms with Crippen molar-refractivity contribution in [3.8, 4) is 0 Å². The summed E-state index contributed by atoms with van der Waals surface area (Å²) < 4.78 is 10.7. The lowest BCUT2D eigenvalue weighted by atomic mass is 9.86. The van der Waals surface area contributed by atoms with Crippen molar-refractivity contribution in [3.63, 3.8) is 0 Å². The molecule has 1 aromatic heterocycles. The van der Waals surface area contributed by atoms with E-state index >= 15 is 0 Å². The molecule has 0 amide bonds. The van der Waals surface area contributed by atoms with E-state index in [1.807, 2.05) is 20.8 Å². The summed E-state index contributed by atoms with van der Waals surface area (Å²) in [5.41, 5.74) is -0.172. The van der Waals surface area contributed by atoms with Gasteiger partial charge in [0.05, 0.1) is 0 Å². The summed E-state index contributed by atoms with van der Waals surface area (Å²) >= 11 is 0. The topological polar surface area (TPSA) is 65.2 Å². The number of aromatic nitrogens is 2. The Labute approximate surface area is 131 Å². The van der Waals surface area contributed by atoms with Crippen molar-refractivity contribution in [1.29, 1.82) is 0 Å². The molecule has 0 radical (unpaired) electrons. The lowest BCUT2D eigenvalue weighted by molar-refractivity contribution is -0.151. The van der Waals surface area contributed by atoms with E-state index in [4.69, 9.17) is 9.26 Å². The molecular formula is C17H26N2O3. The number of fused-ring (bicyclic) bond motifs is 2. The molecule has 0 aromatic carbocycles. The van der Waals surface area contributed by atoms with Gasteiger partial charge < -0.3 is 9.26 Å². The number of ether oxygens (including phenoxy) is 1. The minimum Gasteiger partial charge on any atom is -0.453 e. The molecule has 1 heterocycles. The number of carbonyl (C=O) groups excluding carboxylic acids is 1. The van der Waals surface area contributed by atoms with Gasteiger partial charge in [-0.05, 0) is 43.9 Å². The summed E-state index contributed by atoms with van der Waals surface area (Å²) in [7, 11) is 0. The van der Waals surface area contributed by atoms with Gasteiger partial charge in [0.25, 0.3) is 5.89 Å². The zero-order valence-corrected chi connectivity index (χ0v) is 14.0. The molecular weight excluding hydrogens is 280 g/mol. The van der Waals surface area contributed by atoms with E-state index in [1.54, 1.807) is 6.92 Å². The SMILES string of the molecule is CC(OC(=O)CC1CC2CCC1C2)c1nc(C(C)(C)C)no1. The highest BCUT2D eigenvalue weighted by Gasteiger charge is 2.40.